The Kier molecular flexibility index (Phi) is 129. The second-order valence-electron chi connectivity index (χ2n) is 11.9. The van der Waals surface area contributed by atoms with E-state index in [1.807, 2.05) is 0 Å². The number of alkyl halides is 27. The first-order chi connectivity index (χ1) is 36.8. The summed E-state index contributed by atoms with van der Waals surface area (Å²) in [7, 11) is 6.06. The molecule has 0 aromatic carbocycles. The molecule has 3 N–H and O–H groups in total. The number of carbonyl (C=O) groups excluding carboxylic acids is 1. The van der Waals surface area contributed by atoms with Gasteiger partial charge in [-0.25, -0.2) is 22.8 Å². The Morgan fingerprint density at radius 2 is 0.685 bits per heavy atom. The van der Waals surface area contributed by atoms with Gasteiger partial charge in [0.1, 0.15) is 59.5 Å². The van der Waals surface area contributed by atoms with E-state index in [0.29, 0.717) is 0 Å². The summed E-state index contributed by atoms with van der Waals surface area (Å²) < 4.78 is 337. The van der Waals surface area contributed by atoms with Crippen molar-refractivity contribution in [3.63, 3.8) is 0 Å². The van der Waals surface area contributed by atoms with Crippen molar-refractivity contribution in [2.45, 2.75) is 78.8 Å². The van der Waals surface area contributed by atoms with Crippen molar-refractivity contribution in [2.75, 3.05) is 158 Å². The molecule has 0 aliphatic heterocycles. The van der Waals surface area contributed by atoms with Gasteiger partial charge in [0.15, 0.2) is 13.5 Å². The largest absolute Gasteiger partial charge is 1.00 e. The van der Waals surface area contributed by atoms with Crippen LogP contribution in [0.3, 0.4) is 0 Å². The molecule has 0 saturated heterocycles. The predicted molar refractivity (Wildman–Crippen MR) is 264 cm³/mol. The van der Waals surface area contributed by atoms with E-state index < -0.39 is 167 Å². The fourth-order valence-corrected chi connectivity index (χ4v) is 2.38. The van der Waals surface area contributed by atoms with Crippen molar-refractivity contribution in [3.8, 4) is 0 Å². The summed E-state index contributed by atoms with van der Waals surface area (Å²) in [6.45, 7) is -20.0. The Labute approximate surface area is 580 Å². The molecule has 0 saturated carbocycles. The number of halogens is 28. The fourth-order valence-electron chi connectivity index (χ4n) is 2.38. The van der Waals surface area contributed by atoms with Crippen molar-refractivity contribution >= 4 is 61.2 Å². The van der Waals surface area contributed by atoms with Crippen molar-refractivity contribution in [3.05, 3.63) is 0 Å². The van der Waals surface area contributed by atoms with Gasteiger partial charge in [0.2, 0.25) is 0 Å². The number of ether oxygens (including phenoxy) is 10. The molecule has 51 heteroatoms. The summed E-state index contributed by atoms with van der Waals surface area (Å²) in [6, 6.07) is 0. The third kappa shape index (κ3) is 181. The second kappa shape index (κ2) is 85.6. The van der Waals surface area contributed by atoms with E-state index >= 15 is 0 Å². The van der Waals surface area contributed by atoms with Gasteiger partial charge < -0.3 is 68.5 Å². The minimum Gasteiger partial charge on any atom is -0.870 e. The minimum atomic E-state index is -4.60. The summed E-state index contributed by atoms with van der Waals surface area (Å²) in [5, 5.41) is 34.0. The van der Waals surface area contributed by atoms with Crippen molar-refractivity contribution in [1.29, 1.82) is 0 Å². The van der Waals surface area contributed by atoms with Crippen molar-refractivity contribution in [1.82, 2.24) is 0 Å². The SMILES string of the molecule is C.C.C.C.ClCCl.FCCOCCOCC(F)(F)F.FCOC(F)(F)CF.O=C(O)F.O=C(OCCOCC(F)(F)F)C(F)(F)COCCOCC(F)(F)F.OCCOCC(F)(F)F.PPP.[HH].[Na+].[Na+].[Na+].[O-]CCOCC(F)(F)F.[O-]CCOCC(F)(F)F.[OH-]. The Bertz CT molecular complexity index is 1300. The van der Waals surface area contributed by atoms with Crippen LogP contribution in [0, 0.1) is 0 Å². The first kappa shape index (κ1) is 134. The maximum atomic E-state index is 13.2. The molecule has 2 atom stereocenters. The summed E-state index contributed by atoms with van der Waals surface area (Å²) in [5.41, 5.74) is 0. The van der Waals surface area contributed by atoms with Gasteiger partial charge in [0, 0.05) is 14.6 Å². The zero-order chi connectivity index (χ0) is 65.9. The Balaban J connectivity index is -0.0000000428. The molecule has 0 aliphatic rings. The van der Waals surface area contributed by atoms with Crippen LogP contribution in [0.4, 0.5) is 119 Å². The minimum absolute atomic E-state index is 0. The summed E-state index contributed by atoms with van der Waals surface area (Å²) >= 11 is 9.53. The fraction of sp³-hybridized carbons (Fsp3) is 0.947. The third-order valence-corrected chi connectivity index (χ3v) is 4.71. The number of esters is 1. The van der Waals surface area contributed by atoms with Gasteiger partial charge in [-0.2, -0.15) is 96.6 Å². The van der Waals surface area contributed by atoms with Crippen LogP contribution in [0.15, 0.2) is 0 Å². The maximum absolute atomic E-state index is 13.2. The summed E-state index contributed by atoms with van der Waals surface area (Å²) in [4.78, 5) is 19.3. The van der Waals surface area contributed by atoms with Crippen LogP contribution in [-0.4, -0.2) is 235 Å². The van der Waals surface area contributed by atoms with Gasteiger partial charge in [0.25, 0.3) is 0 Å². The second-order valence-corrected chi connectivity index (χ2v) is 17.0. The topological polar surface area (TPSA) is 243 Å². The van der Waals surface area contributed by atoms with E-state index in [2.05, 4.69) is 65.2 Å². The zero-order valence-electron chi connectivity index (χ0n) is 44.3. The quantitative estimate of drug-likeness (QED) is 0.0208. The maximum Gasteiger partial charge on any atom is 1.00 e. The molecule has 0 amide bonds. The van der Waals surface area contributed by atoms with Gasteiger partial charge in [0.05, 0.1) is 58.2 Å². The van der Waals surface area contributed by atoms with E-state index in [0.717, 1.165) is 7.96 Å². The average Bonchev–Trinajstić information content (AvgIpc) is 3.28. The van der Waals surface area contributed by atoms with Crippen molar-refractivity contribution in [2.24, 2.45) is 0 Å². The Hall–Kier alpha value is 1.47. The van der Waals surface area contributed by atoms with E-state index in [9.17, 15) is 129 Å². The number of aliphatic hydroxyl groups is 1. The first-order valence-electron chi connectivity index (χ1n) is 20.0. The number of rotatable bonds is 29. The van der Waals surface area contributed by atoms with Gasteiger partial charge in [-0.05, 0) is 0 Å². The molecular weight excluding hydrogens is 1460 g/mol. The normalized spacial score (nSPS) is 10.6. The van der Waals surface area contributed by atoms with Crippen molar-refractivity contribution < 1.29 is 287 Å². The molecule has 89 heavy (non-hydrogen) atoms. The van der Waals surface area contributed by atoms with Crippen LogP contribution >= 0.6 is 49.0 Å². The summed E-state index contributed by atoms with van der Waals surface area (Å²) in [5.74, 6) is -6.18. The van der Waals surface area contributed by atoms with Crippen LogP contribution in [0.25, 0.3) is 0 Å². The number of aliphatic hydroxyl groups excluding tert-OH is 1. The van der Waals surface area contributed by atoms with Gasteiger partial charge in [-0.15, -0.1) is 58.7 Å². The van der Waals surface area contributed by atoms with Gasteiger partial charge in [-0.1, -0.05) is 37.7 Å². The molecule has 0 rings (SSSR count). The number of carbonyl (C=O) groups is 2. The molecular formula is C38H74Cl2F26Na3O17P3. The van der Waals surface area contributed by atoms with Crippen LogP contribution in [0.5, 0.6) is 0 Å². The predicted octanol–water partition coefficient (Wildman–Crippen LogP) is 2.72. The number of hydrogen-bond donors (Lipinski definition) is 2. The van der Waals surface area contributed by atoms with E-state index in [1.165, 1.54) is 0 Å². The molecule has 0 aromatic heterocycles. The third-order valence-electron chi connectivity index (χ3n) is 4.71. The average molecular weight is 1530 g/mol. The van der Waals surface area contributed by atoms with Crippen LogP contribution in [0.1, 0.15) is 31.1 Å². The Morgan fingerprint density at radius 3 is 0.888 bits per heavy atom. The van der Waals surface area contributed by atoms with E-state index in [4.69, 9.17) is 38.2 Å². The molecule has 17 nitrogen and oxygen atoms in total. The zero-order valence-corrected chi connectivity index (χ0v) is 55.1. The molecule has 0 bridgehead atoms. The molecule has 0 heterocycles. The molecule has 0 fully saturated rings. The molecule has 0 radical (unpaired) electrons. The van der Waals surface area contributed by atoms with Crippen LogP contribution in [0.2, 0.25) is 0 Å². The standard InChI is InChI=1S/C11H14F8O5.C6H10F4O2.C4H7F3O2.2C4H6F3O2.C3H4F4O.CH2Cl2.CHFO2.4CH4.3Na.H2O.H5P3.H2/c12-9(13,5-21-1-2-22-6-10(14,15)16)8(20)24-4-3-23-7-11(17,18)19;7-1-2-11-3-4-12-5-6(8,9)10;3*5-4(6,7)3-9-2-1-8;4-1-3(6,7)8-2-5;2-1-3;2-1(3)4;;;;;;;;;1-3-2;/h1-7H2;1-5H2;8H,1-3H2;2*1-3H2;1-2H2;1H2;(H,3,4);4*1H4;;;;1H2;3H,1-2H2;1H/q;;;2*-1;;;;;;;;3*+1;;;/p-1. The number of carboxylic acid groups (broad SMARTS) is 1. The summed E-state index contributed by atoms with van der Waals surface area (Å²) in [6.07, 6.45) is -32.7. The van der Waals surface area contributed by atoms with Crippen LogP contribution < -0.4 is 98.9 Å². The molecule has 0 aliphatic carbocycles. The smallest absolute Gasteiger partial charge is 0.870 e. The van der Waals surface area contributed by atoms with Gasteiger partial charge >= 0.3 is 150 Å². The molecule has 0 aromatic rings. The first-order valence-corrected chi connectivity index (χ1v) is 25.7. The van der Waals surface area contributed by atoms with E-state index in [-0.39, 0.29) is 177 Å². The number of hydrogen-bond acceptors (Lipinski definition) is 16. The molecule has 2 unspecified atom stereocenters. The van der Waals surface area contributed by atoms with Crippen LogP contribution in [-0.2, 0) is 52.2 Å². The van der Waals surface area contributed by atoms with E-state index in [1.54, 1.807) is 0 Å². The Morgan fingerprint density at radius 1 is 0.461 bits per heavy atom. The van der Waals surface area contributed by atoms with Gasteiger partial charge in [-0.3, -0.25) is 4.74 Å². The monoisotopic (exact) mass is 1530 g/mol. The molecule has 0 spiro atoms. The molecule has 542 valence electrons.